The zero-order chi connectivity index (χ0) is 23.1. The molecule has 2 atom stereocenters. The Balaban J connectivity index is 1.74. The van der Waals surface area contributed by atoms with Crippen molar-refractivity contribution in [1.29, 1.82) is 0 Å². The average Bonchev–Trinajstić information content (AvgIpc) is 3.18. The summed E-state index contributed by atoms with van der Waals surface area (Å²) in [7, 11) is 0. The van der Waals surface area contributed by atoms with Gasteiger partial charge in [-0.1, -0.05) is 29.3 Å². The van der Waals surface area contributed by atoms with E-state index in [-0.39, 0.29) is 16.4 Å². The SMILES string of the molecule is Cc1cc(Cl)cc(C2C(C(=O)Nc3ccc(Cl)c(NC(=O)CC(F)(F)F)c3)C2(Cl)Cl)c1. The molecule has 2 aromatic rings. The lowest BCUT2D eigenvalue weighted by molar-refractivity contribution is -0.150. The maximum atomic E-state index is 12.8. The van der Waals surface area contributed by atoms with Crippen LogP contribution in [-0.4, -0.2) is 22.3 Å². The van der Waals surface area contributed by atoms with E-state index in [2.05, 4.69) is 10.6 Å². The smallest absolute Gasteiger partial charge is 0.326 e. The van der Waals surface area contributed by atoms with Crippen LogP contribution in [0.3, 0.4) is 0 Å². The fourth-order valence-corrected chi connectivity index (χ4v) is 4.60. The highest BCUT2D eigenvalue weighted by molar-refractivity contribution is 6.53. The predicted octanol–water partition coefficient (Wildman–Crippen LogP) is 6.72. The van der Waals surface area contributed by atoms with E-state index in [1.165, 1.54) is 18.2 Å². The molecule has 31 heavy (non-hydrogen) atoms. The van der Waals surface area contributed by atoms with Crippen molar-refractivity contribution >= 4 is 69.6 Å². The van der Waals surface area contributed by atoms with Crippen LogP contribution in [0.4, 0.5) is 24.5 Å². The van der Waals surface area contributed by atoms with E-state index in [4.69, 9.17) is 46.4 Å². The first-order valence-corrected chi connectivity index (χ1v) is 10.4. The quantitative estimate of drug-likeness (QED) is 0.436. The molecule has 4 nitrogen and oxygen atoms in total. The predicted molar refractivity (Wildman–Crippen MR) is 116 cm³/mol. The van der Waals surface area contributed by atoms with Gasteiger partial charge in [0.2, 0.25) is 11.8 Å². The van der Waals surface area contributed by atoms with Gasteiger partial charge in [-0.25, -0.2) is 0 Å². The van der Waals surface area contributed by atoms with E-state index in [0.29, 0.717) is 10.6 Å². The van der Waals surface area contributed by atoms with Crippen LogP contribution in [-0.2, 0) is 9.59 Å². The zero-order valence-corrected chi connectivity index (χ0v) is 18.8. The summed E-state index contributed by atoms with van der Waals surface area (Å²) in [5.41, 5.74) is 1.73. The average molecular weight is 514 g/mol. The van der Waals surface area contributed by atoms with Crippen molar-refractivity contribution in [2.75, 3.05) is 10.6 Å². The highest BCUT2D eigenvalue weighted by atomic mass is 35.5. The summed E-state index contributed by atoms with van der Waals surface area (Å²) in [6.45, 7) is 1.85. The van der Waals surface area contributed by atoms with Crippen molar-refractivity contribution in [2.45, 2.75) is 29.8 Å². The summed E-state index contributed by atoms with van der Waals surface area (Å²) in [4.78, 5) is 24.3. The van der Waals surface area contributed by atoms with Crippen LogP contribution in [0.1, 0.15) is 23.5 Å². The fraction of sp³-hybridized carbons (Fsp3) is 0.300. The molecule has 1 fully saturated rings. The Bertz CT molecular complexity index is 1020. The monoisotopic (exact) mass is 512 g/mol. The minimum Gasteiger partial charge on any atom is -0.326 e. The second-order valence-corrected chi connectivity index (χ2v) is 9.50. The van der Waals surface area contributed by atoms with E-state index in [1.54, 1.807) is 12.1 Å². The number of hydrogen-bond donors (Lipinski definition) is 2. The third kappa shape index (κ3) is 5.77. The minimum atomic E-state index is -4.66. The summed E-state index contributed by atoms with van der Waals surface area (Å²) >= 11 is 24.7. The third-order valence-electron chi connectivity index (χ3n) is 4.63. The lowest BCUT2D eigenvalue weighted by Gasteiger charge is -2.12. The molecule has 2 N–H and O–H groups in total. The van der Waals surface area contributed by atoms with Crippen LogP contribution < -0.4 is 10.6 Å². The number of alkyl halides is 5. The van der Waals surface area contributed by atoms with Crippen molar-refractivity contribution in [2.24, 2.45) is 5.92 Å². The number of halogens is 7. The zero-order valence-electron chi connectivity index (χ0n) is 15.8. The molecule has 0 aromatic heterocycles. The van der Waals surface area contributed by atoms with Gasteiger partial charge in [0.25, 0.3) is 0 Å². The van der Waals surface area contributed by atoms with Gasteiger partial charge in [-0.3, -0.25) is 9.59 Å². The molecule has 1 aliphatic rings. The molecule has 2 amide bonds. The summed E-state index contributed by atoms with van der Waals surface area (Å²) in [5.74, 6) is -3.06. The molecule has 0 saturated heterocycles. The first kappa shape index (κ1) is 24.0. The van der Waals surface area contributed by atoms with Crippen molar-refractivity contribution in [3.8, 4) is 0 Å². The molecule has 2 unspecified atom stereocenters. The molecule has 0 heterocycles. The van der Waals surface area contributed by atoms with Gasteiger partial charge in [0, 0.05) is 16.6 Å². The van der Waals surface area contributed by atoms with Crippen molar-refractivity contribution in [3.63, 3.8) is 0 Å². The molecule has 2 aromatic carbocycles. The Labute approximate surface area is 196 Å². The Kier molecular flexibility index (Phi) is 6.73. The van der Waals surface area contributed by atoms with Crippen LogP contribution in [0.15, 0.2) is 36.4 Å². The Hall–Kier alpha value is -1.67. The molecule has 0 spiro atoms. The number of carbonyl (C=O) groups excluding carboxylic acids is 2. The molecular formula is C20H15Cl4F3N2O2. The second kappa shape index (κ2) is 8.70. The number of rotatable bonds is 5. The van der Waals surface area contributed by atoms with Crippen molar-refractivity contribution in [1.82, 2.24) is 0 Å². The lowest BCUT2D eigenvalue weighted by atomic mass is 10.1. The van der Waals surface area contributed by atoms with Gasteiger partial charge >= 0.3 is 6.18 Å². The normalized spacial score (nSPS) is 19.6. The van der Waals surface area contributed by atoms with Crippen LogP contribution in [0, 0.1) is 12.8 Å². The van der Waals surface area contributed by atoms with Crippen molar-refractivity contribution < 1.29 is 22.8 Å². The molecule has 1 aliphatic carbocycles. The molecule has 0 aliphatic heterocycles. The number of benzene rings is 2. The number of carbonyl (C=O) groups is 2. The minimum absolute atomic E-state index is 0.0104. The van der Waals surface area contributed by atoms with Crippen LogP contribution in [0.2, 0.25) is 10.0 Å². The van der Waals surface area contributed by atoms with E-state index in [0.717, 1.165) is 5.56 Å². The molecule has 3 rings (SSSR count). The maximum absolute atomic E-state index is 12.8. The molecule has 1 saturated carbocycles. The summed E-state index contributed by atoms with van der Waals surface area (Å²) in [6.07, 6.45) is -6.32. The van der Waals surface area contributed by atoms with Gasteiger partial charge in [0.05, 0.1) is 16.6 Å². The van der Waals surface area contributed by atoms with Gasteiger partial charge in [-0.15, -0.1) is 23.2 Å². The Morgan fingerprint density at radius 1 is 1.06 bits per heavy atom. The highest BCUT2D eigenvalue weighted by Gasteiger charge is 2.67. The van der Waals surface area contributed by atoms with Gasteiger partial charge in [0.15, 0.2) is 0 Å². The molecule has 166 valence electrons. The summed E-state index contributed by atoms with van der Waals surface area (Å²) < 4.78 is 35.8. The molecule has 0 radical (unpaired) electrons. The number of hydrogen-bond acceptors (Lipinski definition) is 2. The molecular weight excluding hydrogens is 499 g/mol. The topological polar surface area (TPSA) is 58.2 Å². The maximum Gasteiger partial charge on any atom is 0.397 e. The fourth-order valence-electron chi connectivity index (χ4n) is 3.31. The Morgan fingerprint density at radius 3 is 2.35 bits per heavy atom. The van der Waals surface area contributed by atoms with Gasteiger partial charge < -0.3 is 10.6 Å². The number of amides is 2. The van der Waals surface area contributed by atoms with E-state index >= 15 is 0 Å². The van der Waals surface area contributed by atoms with Crippen LogP contribution in [0.25, 0.3) is 0 Å². The van der Waals surface area contributed by atoms with E-state index < -0.39 is 40.6 Å². The third-order valence-corrected chi connectivity index (χ3v) is 6.12. The van der Waals surface area contributed by atoms with Crippen LogP contribution in [0.5, 0.6) is 0 Å². The first-order valence-electron chi connectivity index (χ1n) is 8.90. The molecule has 0 bridgehead atoms. The highest BCUT2D eigenvalue weighted by Crippen LogP contribution is 2.65. The lowest BCUT2D eigenvalue weighted by Crippen LogP contribution is -2.21. The van der Waals surface area contributed by atoms with E-state index in [9.17, 15) is 22.8 Å². The van der Waals surface area contributed by atoms with Gasteiger partial charge in [0.1, 0.15) is 10.8 Å². The number of aryl methyl sites for hydroxylation is 1. The number of nitrogens with one attached hydrogen (secondary N) is 2. The molecule has 11 heteroatoms. The summed E-state index contributed by atoms with van der Waals surface area (Å²) in [6, 6.07) is 9.29. The van der Waals surface area contributed by atoms with Gasteiger partial charge in [-0.2, -0.15) is 13.2 Å². The van der Waals surface area contributed by atoms with Gasteiger partial charge in [-0.05, 0) is 48.4 Å². The summed E-state index contributed by atoms with van der Waals surface area (Å²) in [5, 5.41) is 5.18. The largest absolute Gasteiger partial charge is 0.397 e. The standard InChI is InChI=1S/C20H15Cl4F3N2O2/c1-9-4-10(6-11(21)5-9)16-17(20(16,23)24)18(31)28-12-2-3-13(22)14(7-12)29-15(30)8-19(25,26)27/h2-7,16-17H,8H2,1H3,(H,28,31)(H,29,30). The first-order chi connectivity index (χ1) is 14.3. The van der Waals surface area contributed by atoms with Crippen molar-refractivity contribution in [3.05, 3.63) is 57.6 Å². The number of anilines is 2. The van der Waals surface area contributed by atoms with Crippen LogP contribution >= 0.6 is 46.4 Å². The second-order valence-electron chi connectivity index (χ2n) is 7.22. The van der Waals surface area contributed by atoms with E-state index in [1.807, 2.05) is 13.0 Å². The Morgan fingerprint density at radius 2 is 1.74 bits per heavy atom.